The Bertz CT molecular complexity index is 442. The highest BCUT2D eigenvalue weighted by Crippen LogP contribution is 2.15. The van der Waals surface area contributed by atoms with Crippen molar-refractivity contribution in [2.24, 2.45) is 0 Å². The van der Waals surface area contributed by atoms with Gasteiger partial charge in [0.15, 0.2) is 0 Å². The Kier molecular flexibility index (Phi) is 2.24. The van der Waals surface area contributed by atoms with Crippen molar-refractivity contribution in [3.63, 3.8) is 0 Å². The summed E-state index contributed by atoms with van der Waals surface area (Å²) >= 11 is 5.70. The number of rotatable bonds is 1. The smallest absolute Gasteiger partial charge is 0.141 e. The molecule has 0 spiro atoms. The maximum Gasteiger partial charge on any atom is 0.141 e. The standard InChI is InChI=1S/C8H6ClN5/c9-7-1-5(13-4-14-7)6-2-12-8(10)3-11-6/h1-4H,(H2,10,12). The second kappa shape index (κ2) is 3.55. The van der Waals surface area contributed by atoms with E-state index in [-0.39, 0.29) is 0 Å². The van der Waals surface area contributed by atoms with Crippen molar-refractivity contribution in [1.82, 2.24) is 19.9 Å². The minimum Gasteiger partial charge on any atom is -0.382 e. The third kappa shape index (κ3) is 1.77. The van der Waals surface area contributed by atoms with Gasteiger partial charge in [-0.25, -0.2) is 19.9 Å². The summed E-state index contributed by atoms with van der Waals surface area (Å²) in [5.41, 5.74) is 6.64. The van der Waals surface area contributed by atoms with Crippen LogP contribution in [0.2, 0.25) is 5.15 Å². The lowest BCUT2D eigenvalue weighted by atomic mass is 10.3. The van der Waals surface area contributed by atoms with Gasteiger partial charge in [0.05, 0.1) is 18.1 Å². The average molecular weight is 208 g/mol. The largest absolute Gasteiger partial charge is 0.382 e. The van der Waals surface area contributed by atoms with Gasteiger partial charge in [0, 0.05) is 6.07 Å². The summed E-state index contributed by atoms with van der Waals surface area (Å²) in [6.07, 6.45) is 4.37. The molecule has 6 heteroatoms. The molecule has 70 valence electrons. The van der Waals surface area contributed by atoms with Gasteiger partial charge >= 0.3 is 0 Å². The molecule has 0 aromatic carbocycles. The number of hydrogen-bond acceptors (Lipinski definition) is 5. The molecule has 0 fully saturated rings. The van der Waals surface area contributed by atoms with Gasteiger partial charge in [-0.2, -0.15) is 0 Å². The zero-order valence-corrected chi connectivity index (χ0v) is 7.81. The molecular weight excluding hydrogens is 202 g/mol. The summed E-state index contributed by atoms with van der Waals surface area (Å²) in [7, 11) is 0. The molecule has 2 aromatic heterocycles. The molecule has 0 amide bonds. The first-order valence-corrected chi connectivity index (χ1v) is 4.19. The molecule has 2 rings (SSSR count). The van der Waals surface area contributed by atoms with E-state index in [0.29, 0.717) is 22.4 Å². The quantitative estimate of drug-likeness (QED) is 0.711. The highest BCUT2D eigenvalue weighted by molar-refractivity contribution is 6.29. The van der Waals surface area contributed by atoms with Gasteiger partial charge in [0.2, 0.25) is 0 Å². The normalized spacial score (nSPS) is 10.1. The number of nitrogens with zero attached hydrogens (tertiary/aromatic N) is 4. The second-order valence-corrected chi connectivity index (χ2v) is 2.94. The Balaban J connectivity index is 2.44. The van der Waals surface area contributed by atoms with Crippen molar-refractivity contribution in [3.05, 3.63) is 29.9 Å². The number of halogens is 1. The van der Waals surface area contributed by atoms with Crippen LogP contribution in [0.3, 0.4) is 0 Å². The highest BCUT2D eigenvalue weighted by Gasteiger charge is 2.01. The summed E-state index contributed by atoms with van der Waals surface area (Å²) in [6, 6.07) is 1.61. The van der Waals surface area contributed by atoms with Gasteiger partial charge in [-0.05, 0) is 0 Å². The van der Waals surface area contributed by atoms with Gasteiger partial charge in [0.1, 0.15) is 23.0 Å². The number of nitrogens with two attached hydrogens (primary N) is 1. The lowest BCUT2D eigenvalue weighted by Gasteiger charge is -1.98. The molecule has 0 bridgehead atoms. The van der Waals surface area contributed by atoms with Crippen molar-refractivity contribution in [2.45, 2.75) is 0 Å². The van der Waals surface area contributed by atoms with E-state index in [9.17, 15) is 0 Å². The monoisotopic (exact) mass is 207 g/mol. The van der Waals surface area contributed by atoms with E-state index in [1.165, 1.54) is 18.7 Å². The molecule has 2 N–H and O–H groups in total. The van der Waals surface area contributed by atoms with Gasteiger partial charge < -0.3 is 5.73 Å². The minimum absolute atomic E-state index is 0.369. The zero-order valence-electron chi connectivity index (χ0n) is 7.05. The fourth-order valence-corrected chi connectivity index (χ4v) is 1.09. The highest BCUT2D eigenvalue weighted by atomic mass is 35.5. The van der Waals surface area contributed by atoms with Crippen LogP contribution in [-0.2, 0) is 0 Å². The summed E-state index contributed by atoms with van der Waals surface area (Å²) in [6.45, 7) is 0. The first-order chi connectivity index (χ1) is 6.75. The Morgan fingerprint density at radius 2 is 1.86 bits per heavy atom. The fraction of sp³-hybridized carbons (Fsp3) is 0. The Labute approximate surface area is 85.0 Å². The Morgan fingerprint density at radius 3 is 2.50 bits per heavy atom. The molecule has 2 heterocycles. The first-order valence-electron chi connectivity index (χ1n) is 3.81. The summed E-state index contributed by atoms with van der Waals surface area (Å²) in [4.78, 5) is 15.7. The summed E-state index contributed by atoms with van der Waals surface area (Å²) < 4.78 is 0. The van der Waals surface area contributed by atoms with Crippen LogP contribution >= 0.6 is 11.6 Å². The molecule has 5 nitrogen and oxygen atoms in total. The number of anilines is 1. The van der Waals surface area contributed by atoms with Crippen molar-refractivity contribution in [1.29, 1.82) is 0 Å². The molecule has 2 aromatic rings. The van der Waals surface area contributed by atoms with Crippen molar-refractivity contribution in [3.8, 4) is 11.4 Å². The summed E-state index contributed by atoms with van der Waals surface area (Å²) in [5, 5.41) is 0.369. The number of hydrogen-bond donors (Lipinski definition) is 1. The van der Waals surface area contributed by atoms with Crippen molar-refractivity contribution >= 4 is 17.4 Å². The average Bonchev–Trinajstić information content (AvgIpc) is 2.19. The predicted octanol–water partition coefficient (Wildman–Crippen LogP) is 1.17. The zero-order chi connectivity index (χ0) is 9.97. The van der Waals surface area contributed by atoms with E-state index < -0.39 is 0 Å². The van der Waals surface area contributed by atoms with Gasteiger partial charge in [-0.3, -0.25) is 0 Å². The third-order valence-electron chi connectivity index (χ3n) is 1.57. The van der Waals surface area contributed by atoms with E-state index in [1.807, 2.05) is 0 Å². The van der Waals surface area contributed by atoms with E-state index in [4.69, 9.17) is 17.3 Å². The SMILES string of the molecule is Nc1cnc(-c2cc(Cl)ncn2)cn1. The third-order valence-corrected chi connectivity index (χ3v) is 1.77. The molecule has 0 radical (unpaired) electrons. The lowest BCUT2D eigenvalue weighted by molar-refractivity contribution is 1.13. The van der Waals surface area contributed by atoms with E-state index in [0.717, 1.165) is 0 Å². The lowest BCUT2D eigenvalue weighted by Crippen LogP contribution is -1.94. The maximum atomic E-state index is 5.70. The molecule has 0 aliphatic carbocycles. The minimum atomic E-state index is 0.369. The molecule has 14 heavy (non-hydrogen) atoms. The van der Waals surface area contributed by atoms with E-state index >= 15 is 0 Å². The Hall–Kier alpha value is -1.75. The maximum absolute atomic E-state index is 5.70. The molecule has 0 atom stereocenters. The van der Waals surface area contributed by atoms with Gasteiger partial charge in [0.25, 0.3) is 0 Å². The van der Waals surface area contributed by atoms with Crippen LogP contribution in [-0.4, -0.2) is 19.9 Å². The second-order valence-electron chi connectivity index (χ2n) is 2.55. The molecule has 0 saturated carbocycles. The Morgan fingerprint density at radius 1 is 1.00 bits per heavy atom. The van der Waals surface area contributed by atoms with E-state index in [1.54, 1.807) is 6.07 Å². The van der Waals surface area contributed by atoms with Gasteiger partial charge in [-0.15, -0.1) is 0 Å². The molecule has 0 aliphatic rings. The number of aromatic nitrogens is 4. The summed E-state index contributed by atoms with van der Waals surface area (Å²) in [5.74, 6) is 0.369. The molecular formula is C8H6ClN5. The van der Waals surface area contributed by atoms with E-state index in [2.05, 4.69) is 19.9 Å². The molecule has 0 aliphatic heterocycles. The van der Waals surface area contributed by atoms with Crippen LogP contribution in [0.5, 0.6) is 0 Å². The van der Waals surface area contributed by atoms with Crippen LogP contribution in [0.4, 0.5) is 5.82 Å². The van der Waals surface area contributed by atoms with Crippen LogP contribution in [0.25, 0.3) is 11.4 Å². The van der Waals surface area contributed by atoms with Gasteiger partial charge in [-0.1, -0.05) is 11.6 Å². The van der Waals surface area contributed by atoms with Crippen LogP contribution in [0.15, 0.2) is 24.8 Å². The number of nitrogen functional groups attached to an aromatic ring is 1. The topological polar surface area (TPSA) is 77.6 Å². The van der Waals surface area contributed by atoms with Crippen molar-refractivity contribution < 1.29 is 0 Å². The van der Waals surface area contributed by atoms with Crippen LogP contribution in [0, 0.1) is 0 Å². The van der Waals surface area contributed by atoms with Crippen LogP contribution < -0.4 is 5.73 Å². The molecule has 0 saturated heterocycles. The van der Waals surface area contributed by atoms with Crippen molar-refractivity contribution in [2.75, 3.05) is 5.73 Å². The molecule has 0 unspecified atom stereocenters. The van der Waals surface area contributed by atoms with Crippen LogP contribution in [0.1, 0.15) is 0 Å². The first kappa shape index (κ1) is 8.83. The fourth-order valence-electron chi connectivity index (χ4n) is 0.944. The predicted molar refractivity (Wildman–Crippen MR) is 52.5 cm³/mol.